The number of anilines is 2. The third-order valence-corrected chi connectivity index (χ3v) is 3.80. The molecular weight excluding hydrogens is 282 g/mol. The highest BCUT2D eigenvalue weighted by Gasteiger charge is 2.03. The number of benzene rings is 2. The lowest BCUT2D eigenvalue weighted by atomic mass is 10.2. The van der Waals surface area contributed by atoms with Crippen molar-refractivity contribution >= 4 is 44.9 Å². The van der Waals surface area contributed by atoms with Gasteiger partial charge in [-0.05, 0) is 42.5 Å². The van der Waals surface area contributed by atoms with Crippen molar-refractivity contribution < 1.29 is 0 Å². The molecule has 2 heterocycles. The molecule has 4 heteroatoms. The van der Waals surface area contributed by atoms with E-state index < -0.39 is 0 Å². The fraction of sp³-hybridized carbons (Fsp3) is 0. The van der Waals surface area contributed by atoms with E-state index in [4.69, 9.17) is 11.6 Å². The molecule has 0 bridgehead atoms. The molecule has 4 aromatic rings. The number of hydrogen-bond donors (Lipinski definition) is 2. The smallest absolute Gasteiger partial charge is 0.131 e. The maximum atomic E-state index is 6.20. The third-order valence-electron chi connectivity index (χ3n) is 3.50. The van der Waals surface area contributed by atoms with Gasteiger partial charge in [0.1, 0.15) is 5.82 Å². The van der Waals surface area contributed by atoms with Gasteiger partial charge in [0.25, 0.3) is 0 Å². The zero-order valence-corrected chi connectivity index (χ0v) is 11.9. The first-order valence-corrected chi connectivity index (χ1v) is 7.07. The molecule has 102 valence electrons. The van der Waals surface area contributed by atoms with Crippen LogP contribution >= 0.6 is 11.6 Å². The predicted molar refractivity (Wildman–Crippen MR) is 88.3 cm³/mol. The molecule has 0 fully saturated rings. The molecule has 21 heavy (non-hydrogen) atoms. The summed E-state index contributed by atoms with van der Waals surface area (Å²) in [5, 5.41) is 6.19. The second kappa shape index (κ2) is 4.79. The van der Waals surface area contributed by atoms with Crippen molar-refractivity contribution in [2.75, 3.05) is 5.32 Å². The van der Waals surface area contributed by atoms with Crippen LogP contribution in [0.1, 0.15) is 0 Å². The van der Waals surface area contributed by atoms with Crippen LogP contribution < -0.4 is 5.32 Å². The zero-order chi connectivity index (χ0) is 14.2. The van der Waals surface area contributed by atoms with Crippen molar-refractivity contribution in [3.05, 3.63) is 65.8 Å². The normalized spacial score (nSPS) is 11.1. The molecule has 0 spiro atoms. The molecule has 0 radical (unpaired) electrons. The van der Waals surface area contributed by atoms with Crippen molar-refractivity contribution in [2.45, 2.75) is 0 Å². The van der Waals surface area contributed by atoms with Crippen LogP contribution in [-0.4, -0.2) is 9.97 Å². The number of pyridine rings is 1. The van der Waals surface area contributed by atoms with Gasteiger partial charge in [0, 0.05) is 28.2 Å². The highest BCUT2D eigenvalue weighted by atomic mass is 35.5. The maximum Gasteiger partial charge on any atom is 0.131 e. The molecule has 2 N–H and O–H groups in total. The van der Waals surface area contributed by atoms with Gasteiger partial charge in [0.2, 0.25) is 0 Å². The zero-order valence-electron chi connectivity index (χ0n) is 11.1. The number of nitrogens with one attached hydrogen (secondary N) is 2. The van der Waals surface area contributed by atoms with E-state index in [2.05, 4.69) is 21.4 Å². The van der Waals surface area contributed by atoms with Crippen molar-refractivity contribution in [1.29, 1.82) is 0 Å². The third kappa shape index (κ3) is 2.22. The number of halogens is 1. The van der Waals surface area contributed by atoms with Crippen molar-refractivity contribution in [1.82, 2.24) is 9.97 Å². The number of rotatable bonds is 2. The molecule has 0 saturated heterocycles. The number of nitrogens with zero attached hydrogens (tertiary/aromatic N) is 1. The number of aromatic nitrogens is 2. The van der Waals surface area contributed by atoms with Crippen molar-refractivity contribution in [3.63, 3.8) is 0 Å². The van der Waals surface area contributed by atoms with Crippen LogP contribution in [0.3, 0.4) is 0 Å². The van der Waals surface area contributed by atoms with Gasteiger partial charge in [-0.3, -0.25) is 0 Å². The van der Waals surface area contributed by atoms with Crippen LogP contribution in [0, 0.1) is 0 Å². The quantitative estimate of drug-likeness (QED) is 0.539. The molecule has 0 saturated carbocycles. The van der Waals surface area contributed by atoms with Gasteiger partial charge < -0.3 is 10.3 Å². The Morgan fingerprint density at radius 3 is 2.86 bits per heavy atom. The van der Waals surface area contributed by atoms with Gasteiger partial charge in [0.15, 0.2) is 0 Å². The minimum absolute atomic E-state index is 0.664. The molecule has 0 unspecified atom stereocenters. The van der Waals surface area contributed by atoms with Crippen LogP contribution in [0.2, 0.25) is 5.02 Å². The van der Waals surface area contributed by atoms with E-state index in [9.17, 15) is 0 Å². The SMILES string of the molecule is Clc1cccc2ccc(Nc3ccc4[nH]ccc4c3)nc12. The molecule has 0 atom stereocenters. The van der Waals surface area contributed by atoms with E-state index in [1.165, 1.54) is 5.39 Å². The summed E-state index contributed by atoms with van der Waals surface area (Å²) in [5.41, 5.74) is 2.93. The molecule has 0 amide bonds. The highest BCUT2D eigenvalue weighted by molar-refractivity contribution is 6.35. The molecular formula is C17H12ClN3. The van der Waals surface area contributed by atoms with Gasteiger partial charge in [-0.1, -0.05) is 23.7 Å². The first-order valence-electron chi connectivity index (χ1n) is 6.69. The van der Waals surface area contributed by atoms with E-state index >= 15 is 0 Å². The average Bonchev–Trinajstić information content (AvgIpc) is 2.96. The van der Waals surface area contributed by atoms with Crippen LogP contribution in [0.25, 0.3) is 21.8 Å². The Hall–Kier alpha value is -2.52. The number of H-pyrrole nitrogens is 1. The molecule has 0 aliphatic heterocycles. The number of para-hydroxylation sites is 1. The molecule has 2 aromatic heterocycles. The van der Waals surface area contributed by atoms with Crippen LogP contribution in [-0.2, 0) is 0 Å². The lowest BCUT2D eigenvalue weighted by Gasteiger charge is -2.07. The summed E-state index contributed by atoms with van der Waals surface area (Å²) in [4.78, 5) is 7.77. The number of fused-ring (bicyclic) bond motifs is 2. The average molecular weight is 294 g/mol. The van der Waals surface area contributed by atoms with E-state index in [-0.39, 0.29) is 0 Å². The van der Waals surface area contributed by atoms with E-state index in [0.717, 1.165) is 27.9 Å². The Bertz CT molecular complexity index is 943. The Balaban J connectivity index is 1.74. The van der Waals surface area contributed by atoms with Gasteiger partial charge in [-0.15, -0.1) is 0 Å². The largest absolute Gasteiger partial charge is 0.361 e. The topological polar surface area (TPSA) is 40.7 Å². The Labute approximate surface area is 126 Å². The number of aromatic amines is 1. The van der Waals surface area contributed by atoms with Crippen LogP contribution in [0.5, 0.6) is 0 Å². The predicted octanol–water partition coefficient (Wildman–Crippen LogP) is 5.11. The number of hydrogen-bond acceptors (Lipinski definition) is 2. The summed E-state index contributed by atoms with van der Waals surface area (Å²) < 4.78 is 0. The molecule has 0 aliphatic rings. The minimum atomic E-state index is 0.664. The summed E-state index contributed by atoms with van der Waals surface area (Å²) in [6.45, 7) is 0. The minimum Gasteiger partial charge on any atom is -0.361 e. The Morgan fingerprint density at radius 2 is 1.90 bits per heavy atom. The van der Waals surface area contributed by atoms with Crippen molar-refractivity contribution in [2.24, 2.45) is 0 Å². The molecule has 4 rings (SSSR count). The lowest BCUT2D eigenvalue weighted by Crippen LogP contribution is -1.93. The van der Waals surface area contributed by atoms with Gasteiger partial charge in [-0.2, -0.15) is 0 Å². The standard InChI is InChI=1S/C17H12ClN3/c18-14-3-1-2-11-4-7-16(21-17(11)14)20-13-5-6-15-12(10-13)8-9-19-15/h1-10,19H,(H,20,21). The summed E-state index contributed by atoms with van der Waals surface area (Å²) in [7, 11) is 0. The second-order valence-electron chi connectivity index (χ2n) is 4.91. The summed E-state index contributed by atoms with van der Waals surface area (Å²) in [5.74, 6) is 0.783. The van der Waals surface area contributed by atoms with Gasteiger partial charge in [0.05, 0.1) is 10.5 Å². The van der Waals surface area contributed by atoms with Crippen LogP contribution in [0.15, 0.2) is 60.8 Å². The second-order valence-corrected chi connectivity index (χ2v) is 5.32. The first kappa shape index (κ1) is 12.2. The van der Waals surface area contributed by atoms with Gasteiger partial charge >= 0.3 is 0 Å². The lowest BCUT2D eigenvalue weighted by molar-refractivity contribution is 1.37. The first-order chi connectivity index (χ1) is 10.3. The fourth-order valence-corrected chi connectivity index (χ4v) is 2.68. The van der Waals surface area contributed by atoms with E-state index in [0.29, 0.717) is 5.02 Å². The fourth-order valence-electron chi connectivity index (χ4n) is 2.46. The Morgan fingerprint density at radius 1 is 0.952 bits per heavy atom. The monoisotopic (exact) mass is 293 g/mol. The van der Waals surface area contributed by atoms with Crippen LogP contribution in [0.4, 0.5) is 11.5 Å². The maximum absolute atomic E-state index is 6.20. The Kier molecular flexibility index (Phi) is 2.79. The summed E-state index contributed by atoms with van der Waals surface area (Å²) in [6, 6.07) is 18.0. The highest BCUT2D eigenvalue weighted by Crippen LogP contribution is 2.25. The summed E-state index contributed by atoms with van der Waals surface area (Å²) >= 11 is 6.20. The van der Waals surface area contributed by atoms with E-state index in [1.807, 2.05) is 54.7 Å². The van der Waals surface area contributed by atoms with Crippen molar-refractivity contribution in [3.8, 4) is 0 Å². The molecule has 0 aliphatic carbocycles. The van der Waals surface area contributed by atoms with E-state index in [1.54, 1.807) is 0 Å². The molecule has 2 aromatic carbocycles. The molecule has 3 nitrogen and oxygen atoms in total. The summed E-state index contributed by atoms with van der Waals surface area (Å²) in [6.07, 6.45) is 1.93. The van der Waals surface area contributed by atoms with Gasteiger partial charge in [-0.25, -0.2) is 4.98 Å².